The van der Waals surface area contributed by atoms with Gasteiger partial charge in [-0.3, -0.25) is 0 Å². The first-order chi connectivity index (χ1) is 21.4. The summed E-state index contributed by atoms with van der Waals surface area (Å²) >= 11 is 0. The van der Waals surface area contributed by atoms with Gasteiger partial charge < -0.3 is 9.80 Å². The molecule has 222 valence electrons. The summed E-state index contributed by atoms with van der Waals surface area (Å²) in [6.45, 7) is 13.5. The van der Waals surface area contributed by atoms with Crippen LogP contribution in [0, 0.1) is 27.7 Å². The zero-order valence-corrected chi connectivity index (χ0v) is 26.9. The van der Waals surface area contributed by atoms with E-state index in [1.54, 1.807) is 0 Å². The Morgan fingerprint density at radius 2 is 1.11 bits per heavy atom. The fourth-order valence-corrected chi connectivity index (χ4v) is 7.94. The Kier molecular flexibility index (Phi) is 7.04. The van der Waals surface area contributed by atoms with Crippen LogP contribution in [0.15, 0.2) is 91.0 Å². The first kappa shape index (κ1) is 28.3. The molecule has 0 N–H and O–H groups in total. The van der Waals surface area contributed by atoms with Crippen molar-refractivity contribution in [1.82, 2.24) is 9.97 Å². The Balaban J connectivity index is 1.59. The minimum absolute atomic E-state index is 0.0764. The minimum Gasteiger partial charge on any atom is -0.302 e. The molecule has 2 aliphatic rings. The van der Waals surface area contributed by atoms with Crippen molar-refractivity contribution in [2.45, 2.75) is 78.8 Å². The second-order valence-electron chi connectivity index (χ2n) is 12.7. The van der Waals surface area contributed by atoms with E-state index < -0.39 is 0 Å². The van der Waals surface area contributed by atoms with E-state index in [9.17, 15) is 0 Å². The molecule has 1 unspecified atom stereocenters. The quantitative estimate of drug-likeness (QED) is 0.208. The Morgan fingerprint density at radius 3 is 1.66 bits per heavy atom. The lowest BCUT2D eigenvalue weighted by atomic mass is 9.72. The van der Waals surface area contributed by atoms with Gasteiger partial charge in [-0.05, 0) is 105 Å². The molecule has 2 aliphatic heterocycles. The molecule has 44 heavy (non-hydrogen) atoms. The molecular weight excluding hydrogens is 536 g/mol. The van der Waals surface area contributed by atoms with Crippen molar-refractivity contribution in [2.24, 2.45) is 0 Å². The van der Waals surface area contributed by atoms with Crippen molar-refractivity contribution in [3.8, 4) is 22.5 Å². The third-order valence-corrected chi connectivity index (χ3v) is 10.4. The number of nitrogens with zero attached hydrogens (tertiary/aromatic N) is 4. The maximum Gasteiger partial charge on any atom is 0.179 e. The second-order valence-corrected chi connectivity index (χ2v) is 12.7. The molecule has 3 heterocycles. The molecule has 7 rings (SSSR count). The highest BCUT2D eigenvalue weighted by atomic mass is 15.5. The summed E-state index contributed by atoms with van der Waals surface area (Å²) in [5, 5.41) is 0. The third-order valence-electron chi connectivity index (χ3n) is 10.4. The summed E-state index contributed by atoms with van der Waals surface area (Å²) in [7, 11) is 0. The van der Waals surface area contributed by atoms with Gasteiger partial charge in [0.15, 0.2) is 11.6 Å². The monoisotopic (exact) mass is 578 g/mol. The van der Waals surface area contributed by atoms with Crippen LogP contribution in [0.1, 0.15) is 67.3 Å². The molecule has 0 fully saturated rings. The lowest BCUT2D eigenvalue weighted by Crippen LogP contribution is -2.38. The number of para-hydroxylation sites is 2. The van der Waals surface area contributed by atoms with Gasteiger partial charge in [0.25, 0.3) is 0 Å². The number of rotatable bonds is 5. The van der Waals surface area contributed by atoms with E-state index in [0.29, 0.717) is 0 Å². The summed E-state index contributed by atoms with van der Waals surface area (Å²) in [5.41, 5.74) is 13.1. The number of hydrogen-bond acceptors (Lipinski definition) is 4. The number of aromatic nitrogens is 2. The third kappa shape index (κ3) is 4.26. The molecule has 0 saturated carbocycles. The lowest BCUT2D eigenvalue weighted by molar-refractivity contribution is 0.354. The van der Waals surface area contributed by atoms with E-state index in [1.807, 2.05) is 0 Å². The predicted octanol–water partition coefficient (Wildman–Crippen LogP) is 10.5. The first-order valence-electron chi connectivity index (χ1n) is 16.2. The highest BCUT2D eigenvalue weighted by Gasteiger charge is 2.47. The molecule has 0 bridgehead atoms. The molecule has 4 aromatic carbocycles. The molecule has 5 aromatic rings. The van der Waals surface area contributed by atoms with Gasteiger partial charge in [-0.25, -0.2) is 9.97 Å². The molecule has 1 aromatic heterocycles. The van der Waals surface area contributed by atoms with Crippen molar-refractivity contribution < 1.29 is 0 Å². The summed E-state index contributed by atoms with van der Waals surface area (Å²) in [5.74, 6) is 1.88. The van der Waals surface area contributed by atoms with Gasteiger partial charge in [0.05, 0.1) is 11.4 Å². The smallest absolute Gasteiger partial charge is 0.179 e. The molecule has 0 aliphatic carbocycles. The van der Waals surface area contributed by atoms with Crippen molar-refractivity contribution in [3.05, 3.63) is 119 Å². The van der Waals surface area contributed by atoms with Gasteiger partial charge in [-0.15, -0.1) is 0 Å². The summed E-state index contributed by atoms with van der Waals surface area (Å²) in [6.07, 6.45) is 4.44. The van der Waals surface area contributed by atoms with Crippen LogP contribution in [0.5, 0.6) is 0 Å². The summed E-state index contributed by atoms with van der Waals surface area (Å²) in [6, 6.07) is 32.9. The van der Waals surface area contributed by atoms with Gasteiger partial charge >= 0.3 is 0 Å². The van der Waals surface area contributed by atoms with E-state index in [-0.39, 0.29) is 11.6 Å². The molecule has 0 spiro atoms. The average molecular weight is 579 g/mol. The van der Waals surface area contributed by atoms with Gasteiger partial charge in [0.1, 0.15) is 6.17 Å². The second kappa shape index (κ2) is 10.9. The topological polar surface area (TPSA) is 32.3 Å². The fourth-order valence-electron chi connectivity index (χ4n) is 7.94. The van der Waals surface area contributed by atoms with E-state index in [0.717, 1.165) is 54.4 Å². The molecule has 1 atom stereocenters. The molecule has 0 saturated heterocycles. The van der Waals surface area contributed by atoms with Crippen LogP contribution in [-0.4, -0.2) is 16.1 Å². The fraction of sp³-hybridized carbons (Fsp3) is 0.300. The Morgan fingerprint density at radius 1 is 0.614 bits per heavy atom. The van der Waals surface area contributed by atoms with Crippen molar-refractivity contribution in [3.63, 3.8) is 0 Å². The van der Waals surface area contributed by atoms with Crippen LogP contribution >= 0.6 is 0 Å². The standard InChI is InChI=1S/C40H42N4/c1-7-40(8-2)25-24-33-43(30-20-10-9-11-21-30)38-39(44(33)32-23-13-12-22-31(32)40)42-37(35-28(5)18-15-19-29(35)6)36(41-38)34-26(3)16-14-17-27(34)4/h9-23,33H,7-8,24-25H2,1-6H3. The largest absolute Gasteiger partial charge is 0.302 e. The maximum atomic E-state index is 5.73. The highest BCUT2D eigenvalue weighted by Crippen LogP contribution is 2.55. The van der Waals surface area contributed by atoms with Crippen LogP contribution in [0.4, 0.5) is 23.0 Å². The van der Waals surface area contributed by atoms with Crippen molar-refractivity contribution in [1.29, 1.82) is 0 Å². The van der Waals surface area contributed by atoms with Crippen LogP contribution in [-0.2, 0) is 5.41 Å². The van der Waals surface area contributed by atoms with Crippen LogP contribution in [0.25, 0.3) is 22.5 Å². The van der Waals surface area contributed by atoms with Gasteiger partial charge in [0.2, 0.25) is 0 Å². The van der Waals surface area contributed by atoms with Crippen LogP contribution in [0.3, 0.4) is 0 Å². The van der Waals surface area contributed by atoms with E-state index >= 15 is 0 Å². The number of hydrogen-bond donors (Lipinski definition) is 0. The number of aryl methyl sites for hydroxylation is 4. The van der Waals surface area contributed by atoms with Crippen LogP contribution in [0.2, 0.25) is 0 Å². The number of anilines is 4. The van der Waals surface area contributed by atoms with Gasteiger partial charge in [-0.2, -0.15) is 0 Å². The average Bonchev–Trinajstić information content (AvgIpc) is 3.27. The normalized spacial score (nSPS) is 16.7. The lowest BCUT2D eigenvalue weighted by Gasteiger charge is -2.33. The summed E-state index contributed by atoms with van der Waals surface area (Å²) in [4.78, 5) is 16.4. The molecule has 0 amide bonds. The number of fused-ring (bicyclic) bond motifs is 5. The molecule has 4 heteroatoms. The Hall–Kier alpha value is -4.44. The minimum atomic E-state index is 0.0764. The first-order valence-corrected chi connectivity index (χ1v) is 16.2. The van der Waals surface area contributed by atoms with E-state index in [1.165, 1.54) is 44.6 Å². The zero-order valence-electron chi connectivity index (χ0n) is 26.9. The van der Waals surface area contributed by atoms with E-state index in [2.05, 4.69) is 142 Å². The SMILES string of the molecule is CCC1(CC)CCC2N(c3ccccc3)c3nc(-c4c(C)cccc4C)c(-c4c(C)cccc4C)nc3N2c2ccccc21. The van der Waals surface area contributed by atoms with Crippen molar-refractivity contribution in [2.75, 3.05) is 9.80 Å². The Bertz CT molecular complexity index is 1810. The maximum absolute atomic E-state index is 5.73. The number of benzene rings is 4. The van der Waals surface area contributed by atoms with Gasteiger partial charge in [-0.1, -0.05) is 86.6 Å². The molecule has 4 nitrogen and oxygen atoms in total. The van der Waals surface area contributed by atoms with Gasteiger partial charge in [0, 0.05) is 22.5 Å². The van der Waals surface area contributed by atoms with Crippen molar-refractivity contribution >= 4 is 23.0 Å². The Labute approximate surface area is 262 Å². The molecular formula is C40H42N4. The highest BCUT2D eigenvalue weighted by molar-refractivity contribution is 5.92. The van der Waals surface area contributed by atoms with E-state index in [4.69, 9.17) is 9.97 Å². The summed E-state index contributed by atoms with van der Waals surface area (Å²) < 4.78 is 0. The molecule has 0 radical (unpaired) electrons. The van der Waals surface area contributed by atoms with Crippen LogP contribution < -0.4 is 9.80 Å². The zero-order chi connectivity index (χ0) is 30.6. The predicted molar refractivity (Wildman–Crippen MR) is 184 cm³/mol.